The van der Waals surface area contributed by atoms with Crippen molar-refractivity contribution in [2.75, 3.05) is 13.1 Å². The number of aryl methyl sites for hydroxylation is 2. The molecular weight excluding hydrogens is 292 g/mol. The van der Waals surface area contributed by atoms with Crippen LogP contribution in [0.15, 0.2) is 28.7 Å². The molecule has 122 valence electrons. The average Bonchev–Trinajstić information content (AvgIpc) is 2.89. The summed E-state index contributed by atoms with van der Waals surface area (Å²) in [6.45, 7) is 6.10. The van der Waals surface area contributed by atoms with Crippen LogP contribution in [0.1, 0.15) is 29.9 Å². The third-order valence-corrected chi connectivity index (χ3v) is 4.50. The average molecular weight is 314 g/mol. The standard InChI is InChI=1S/C18H22N2O3/c1-12-6-3-4-8-15(12)17-19-16(13(2)23-17)11-20-9-5-7-14(10-20)18(21)22/h3-4,6,8,14H,5,7,9-11H2,1-2H3,(H,21,22). The maximum Gasteiger partial charge on any atom is 0.307 e. The van der Waals surface area contributed by atoms with E-state index in [1.54, 1.807) is 0 Å². The Hall–Kier alpha value is -2.14. The Morgan fingerprint density at radius 3 is 2.91 bits per heavy atom. The molecule has 0 saturated carbocycles. The van der Waals surface area contributed by atoms with Crippen molar-refractivity contribution in [3.63, 3.8) is 0 Å². The molecule has 0 radical (unpaired) electrons. The molecule has 1 atom stereocenters. The number of likely N-dealkylation sites (tertiary alicyclic amines) is 1. The second-order valence-electron chi connectivity index (χ2n) is 6.25. The minimum Gasteiger partial charge on any atom is -0.481 e. The van der Waals surface area contributed by atoms with E-state index in [0.717, 1.165) is 42.0 Å². The second kappa shape index (κ2) is 6.54. The molecule has 1 aromatic heterocycles. The third kappa shape index (κ3) is 3.45. The molecule has 23 heavy (non-hydrogen) atoms. The van der Waals surface area contributed by atoms with Crippen LogP contribution in [-0.2, 0) is 11.3 Å². The molecule has 0 bridgehead atoms. The normalized spacial score (nSPS) is 19.0. The fraction of sp³-hybridized carbons (Fsp3) is 0.444. The summed E-state index contributed by atoms with van der Waals surface area (Å²) in [6, 6.07) is 8.02. The maximum absolute atomic E-state index is 11.2. The van der Waals surface area contributed by atoms with E-state index in [0.29, 0.717) is 19.0 Å². The maximum atomic E-state index is 11.2. The smallest absolute Gasteiger partial charge is 0.307 e. The number of rotatable bonds is 4. The summed E-state index contributed by atoms with van der Waals surface area (Å²) in [6.07, 6.45) is 1.68. The zero-order chi connectivity index (χ0) is 16.4. The molecule has 0 amide bonds. The highest BCUT2D eigenvalue weighted by Gasteiger charge is 2.26. The molecule has 0 spiro atoms. The summed E-state index contributed by atoms with van der Waals surface area (Å²) < 4.78 is 5.84. The highest BCUT2D eigenvalue weighted by molar-refractivity contribution is 5.70. The second-order valence-corrected chi connectivity index (χ2v) is 6.25. The third-order valence-electron chi connectivity index (χ3n) is 4.50. The van der Waals surface area contributed by atoms with Gasteiger partial charge >= 0.3 is 5.97 Å². The number of benzene rings is 1. The lowest BCUT2D eigenvalue weighted by Crippen LogP contribution is -2.38. The summed E-state index contributed by atoms with van der Waals surface area (Å²) in [7, 11) is 0. The molecule has 2 heterocycles. The van der Waals surface area contributed by atoms with E-state index in [1.807, 2.05) is 38.1 Å². The zero-order valence-corrected chi connectivity index (χ0v) is 13.6. The van der Waals surface area contributed by atoms with Crippen LogP contribution in [0.4, 0.5) is 0 Å². The summed E-state index contributed by atoms with van der Waals surface area (Å²) in [4.78, 5) is 18.0. The summed E-state index contributed by atoms with van der Waals surface area (Å²) in [5, 5.41) is 9.20. The molecule has 5 heteroatoms. The van der Waals surface area contributed by atoms with Crippen LogP contribution in [0.5, 0.6) is 0 Å². The predicted octanol–water partition coefficient (Wildman–Crippen LogP) is 3.26. The fourth-order valence-corrected chi connectivity index (χ4v) is 3.12. The Morgan fingerprint density at radius 1 is 1.39 bits per heavy atom. The van der Waals surface area contributed by atoms with Gasteiger partial charge in [-0.25, -0.2) is 4.98 Å². The Kier molecular flexibility index (Phi) is 4.48. The number of oxazole rings is 1. The zero-order valence-electron chi connectivity index (χ0n) is 13.6. The number of hydrogen-bond donors (Lipinski definition) is 1. The largest absolute Gasteiger partial charge is 0.481 e. The van der Waals surface area contributed by atoms with Crippen LogP contribution in [0.25, 0.3) is 11.5 Å². The Bertz CT molecular complexity index is 708. The first-order valence-corrected chi connectivity index (χ1v) is 8.02. The molecule has 1 aliphatic heterocycles. The molecule has 1 aromatic carbocycles. The Labute approximate surface area is 135 Å². The molecule has 5 nitrogen and oxygen atoms in total. The van der Waals surface area contributed by atoms with Gasteiger partial charge in [0.2, 0.25) is 5.89 Å². The van der Waals surface area contributed by atoms with Crippen LogP contribution in [-0.4, -0.2) is 34.0 Å². The first kappa shape index (κ1) is 15.7. The van der Waals surface area contributed by atoms with Crippen molar-refractivity contribution in [2.24, 2.45) is 5.92 Å². The van der Waals surface area contributed by atoms with Gasteiger partial charge in [0.05, 0.1) is 11.6 Å². The molecule has 1 unspecified atom stereocenters. The van der Waals surface area contributed by atoms with Gasteiger partial charge in [0.1, 0.15) is 5.76 Å². The van der Waals surface area contributed by atoms with Gasteiger partial charge in [0.15, 0.2) is 0 Å². The fourth-order valence-electron chi connectivity index (χ4n) is 3.12. The van der Waals surface area contributed by atoms with Gasteiger partial charge < -0.3 is 9.52 Å². The highest BCUT2D eigenvalue weighted by atomic mass is 16.4. The first-order valence-electron chi connectivity index (χ1n) is 8.02. The minimum absolute atomic E-state index is 0.271. The van der Waals surface area contributed by atoms with Crippen LogP contribution >= 0.6 is 0 Å². The van der Waals surface area contributed by atoms with Crippen molar-refractivity contribution in [1.82, 2.24) is 9.88 Å². The number of carboxylic acid groups (broad SMARTS) is 1. The van der Waals surface area contributed by atoms with Crippen molar-refractivity contribution in [2.45, 2.75) is 33.2 Å². The SMILES string of the molecule is Cc1ccccc1-c1nc(CN2CCCC(C(=O)O)C2)c(C)o1. The monoisotopic (exact) mass is 314 g/mol. The lowest BCUT2D eigenvalue weighted by Gasteiger charge is -2.29. The summed E-state index contributed by atoms with van der Waals surface area (Å²) in [5.74, 6) is 0.474. The van der Waals surface area contributed by atoms with E-state index in [9.17, 15) is 9.90 Å². The minimum atomic E-state index is -0.702. The van der Waals surface area contributed by atoms with Crippen molar-refractivity contribution in [3.8, 4) is 11.5 Å². The molecule has 1 aliphatic rings. The Morgan fingerprint density at radius 2 is 2.17 bits per heavy atom. The van der Waals surface area contributed by atoms with Gasteiger partial charge in [0, 0.05) is 18.7 Å². The van der Waals surface area contributed by atoms with E-state index >= 15 is 0 Å². The van der Waals surface area contributed by atoms with Gasteiger partial charge in [-0.3, -0.25) is 9.69 Å². The number of aliphatic carboxylic acids is 1. The van der Waals surface area contributed by atoms with Gasteiger partial charge in [-0.15, -0.1) is 0 Å². The van der Waals surface area contributed by atoms with Crippen molar-refractivity contribution in [1.29, 1.82) is 0 Å². The van der Waals surface area contributed by atoms with Crippen LogP contribution in [0.2, 0.25) is 0 Å². The number of piperidine rings is 1. The summed E-state index contributed by atoms with van der Waals surface area (Å²) in [5.41, 5.74) is 3.03. The van der Waals surface area contributed by atoms with Gasteiger partial charge in [-0.05, 0) is 44.9 Å². The lowest BCUT2D eigenvalue weighted by atomic mass is 9.98. The van der Waals surface area contributed by atoms with Crippen molar-refractivity contribution < 1.29 is 14.3 Å². The molecular formula is C18H22N2O3. The highest BCUT2D eigenvalue weighted by Crippen LogP contribution is 2.26. The first-order chi connectivity index (χ1) is 11.0. The van der Waals surface area contributed by atoms with E-state index in [4.69, 9.17) is 4.42 Å². The number of nitrogens with zero attached hydrogens (tertiary/aromatic N) is 2. The van der Waals surface area contributed by atoms with Crippen LogP contribution < -0.4 is 0 Å². The van der Waals surface area contributed by atoms with Crippen LogP contribution in [0.3, 0.4) is 0 Å². The van der Waals surface area contributed by atoms with Gasteiger partial charge in [0.25, 0.3) is 0 Å². The molecule has 0 aliphatic carbocycles. The Balaban J connectivity index is 1.77. The van der Waals surface area contributed by atoms with E-state index < -0.39 is 5.97 Å². The van der Waals surface area contributed by atoms with Gasteiger partial charge in [-0.1, -0.05) is 18.2 Å². The van der Waals surface area contributed by atoms with Crippen molar-refractivity contribution in [3.05, 3.63) is 41.3 Å². The molecule has 1 N–H and O–H groups in total. The van der Waals surface area contributed by atoms with Crippen molar-refractivity contribution >= 4 is 5.97 Å². The number of hydrogen-bond acceptors (Lipinski definition) is 4. The predicted molar refractivity (Wildman–Crippen MR) is 87.0 cm³/mol. The lowest BCUT2D eigenvalue weighted by molar-refractivity contribution is -0.143. The molecule has 1 fully saturated rings. The van der Waals surface area contributed by atoms with E-state index in [1.165, 1.54) is 0 Å². The van der Waals surface area contributed by atoms with E-state index in [2.05, 4.69) is 9.88 Å². The number of carboxylic acids is 1. The number of aromatic nitrogens is 1. The quantitative estimate of drug-likeness (QED) is 0.938. The number of carbonyl (C=O) groups is 1. The summed E-state index contributed by atoms with van der Waals surface area (Å²) >= 11 is 0. The molecule has 3 rings (SSSR count). The topological polar surface area (TPSA) is 66.6 Å². The van der Waals surface area contributed by atoms with Gasteiger partial charge in [-0.2, -0.15) is 0 Å². The van der Waals surface area contributed by atoms with Crippen LogP contribution in [0, 0.1) is 19.8 Å². The molecule has 1 saturated heterocycles. The van der Waals surface area contributed by atoms with E-state index in [-0.39, 0.29) is 5.92 Å². The molecule has 2 aromatic rings.